The SMILES string of the molecule is CNS(=O)(=O)c1cc(NC(=O)CSc2nnc(-c3ccccc3C)n2C)ccc1C. The van der Waals surface area contributed by atoms with E-state index in [0.717, 1.165) is 17.0 Å². The molecule has 3 aromatic rings. The van der Waals surface area contributed by atoms with Crippen molar-refractivity contribution >= 4 is 33.4 Å². The minimum absolute atomic E-state index is 0.113. The van der Waals surface area contributed by atoms with Crippen LogP contribution in [0.15, 0.2) is 52.5 Å². The maximum atomic E-state index is 12.4. The van der Waals surface area contributed by atoms with Gasteiger partial charge in [-0.2, -0.15) is 0 Å². The smallest absolute Gasteiger partial charge is 0.240 e. The summed E-state index contributed by atoms with van der Waals surface area (Å²) < 4.78 is 28.4. The third kappa shape index (κ3) is 4.72. The standard InChI is InChI=1S/C20H23N5O3S2/c1-13-7-5-6-8-16(13)19-23-24-20(25(19)4)29-12-18(26)22-15-10-9-14(2)17(11-15)30(27,28)21-3/h5-11,21H,12H2,1-4H3,(H,22,26). The van der Waals surface area contributed by atoms with E-state index in [4.69, 9.17) is 0 Å². The number of benzene rings is 2. The number of aryl methyl sites for hydroxylation is 2. The molecule has 1 aromatic heterocycles. The van der Waals surface area contributed by atoms with Gasteiger partial charge in [-0.25, -0.2) is 13.1 Å². The van der Waals surface area contributed by atoms with Crippen molar-refractivity contribution in [3.63, 3.8) is 0 Å². The summed E-state index contributed by atoms with van der Waals surface area (Å²) in [6.45, 7) is 3.71. The molecule has 1 amide bonds. The maximum Gasteiger partial charge on any atom is 0.240 e. The van der Waals surface area contributed by atoms with Crippen molar-refractivity contribution in [1.29, 1.82) is 0 Å². The highest BCUT2D eigenvalue weighted by molar-refractivity contribution is 7.99. The van der Waals surface area contributed by atoms with Crippen LogP contribution in [0.3, 0.4) is 0 Å². The van der Waals surface area contributed by atoms with Crippen LogP contribution in [-0.4, -0.2) is 41.9 Å². The van der Waals surface area contributed by atoms with Gasteiger partial charge in [-0.05, 0) is 44.2 Å². The van der Waals surface area contributed by atoms with E-state index in [0.29, 0.717) is 16.4 Å². The largest absolute Gasteiger partial charge is 0.325 e. The molecule has 0 radical (unpaired) electrons. The summed E-state index contributed by atoms with van der Waals surface area (Å²) in [4.78, 5) is 12.5. The third-order valence-electron chi connectivity index (χ3n) is 4.58. The molecule has 3 rings (SSSR count). The Labute approximate surface area is 180 Å². The fraction of sp³-hybridized carbons (Fsp3) is 0.250. The Morgan fingerprint density at radius 2 is 1.83 bits per heavy atom. The summed E-state index contributed by atoms with van der Waals surface area (Å²) in [6.07, 6.45) is 0. The van der Waals surface area contributed by atoms with Crippen LogP contribution >= 0.6 is 11.8 Å². The monoisotopic (exact) mass is 445 g/mol. The highest BCUT2D eigenvalue weighted by Crippen LogP contribution is 2.25. The zero-order chi connectivity index (χ0) is 21.9. The second-order valence-electron chi connectivity index (χ2n) is 6.70. The number of thioether (sulfide) groups is 1. The van der Waals surface area contributed by atoms with Gasteiger partial charge in [0.15, 0.2) is 11.0 Å². The van der Waals surface area contributed by atoms with E-state index in [1.807, 2.05) is 42.8 Å². The Balaban J connectivity index is 1.69. The van der Waals surface area contributed by atoms with Crippen LogP contribution in [0.4, 0.5) is 5.69 Å². The summed E-state index contributed by atoms with van der Waals surface area (Å²) in [7, 11) is -0.395. The number of nitrogens with zero attached hydrogens (tertiary/aromatic N) is 3. The molecule has 2 aromatic carbocycles. The molecule has 158 valence electrons. The Hall–Kier alpha value is -2.69. The summed E-state index contributed by atoms with van der Waals surface area (Å²) in [5.41, 5.74) is 3.09. The van der Waals surface area contributed by atoms with Crippen LogP contribution in [0, 0.1) is 13.8 Å². The lowest BCUT2D eigenvalue weighted by molar-refractivity contribution is -0.113. The van der Waals surface area contributed by atoms with Crippen molar-refractivity contribution in [2.45, 2.75) is 23.9 Å². The Morgan fingerprint density at radius 3 is 2.53 bits per heavy atom. The number of carbonyl (C=O) groups excluding carboxylic acids is 1. The highest BCUT2D eigenvalue weighted by Gasteiger charge is 2.17. The van der Waals surface area contributed by atoms with Gasteiger partial charge >= 0.3 is 0 Å². The summed E-state index contributed by atoms with van der Waals surface area (Å²) >= 11 is 1.26. The predicted molar refractivity (Wildman–Crippen MR) is 118 cm³/mol. The number of aromatic nitrogens is 3. The van der Waals surface area contributed by atoms with E-state index in [1.165, 1.54) is 24.9 Å². The number of anilines is 1. The van der Waals surface area contributed by atoms with Crippen molar-refractivity contribution in [1.82, 2.24) is 19.5 Å². The first-order valence-corrected chi connectivity index (χ1v) is 11.6. The van der Waals surface area contributed by atoms with Crippen LogP contribution in [0.2, 0.25) is 0 Å². The fourth-order valence-corrected chi connectivity index (χ4v) is 4.61. The molecule has 0 saturated heterocycles. The second-order valence-corrected chi connectivity index (χ2v) is 9.50. The van der Waals surface area contributed by atoms with Crippen LogP contribution in [0.25, 0.3) is 11.4 Å². The number of amides is 1. The zero-order valence-corrected chi connectivity index (χ0v) is 18.8. The first-order chi connectivity index (χ1) is 14.2. The van der Waals surface area contributed by atoms with Gasteiger partial charge < -0.3 is 9.88 Å². The van der Waals surface area contributed by atoms with Crippen molar-refractivity contribution in [3.8, 4) is 11.4 Å². The van der Waals surface area contributed by atoms with Crippen molar-refractivity contribution in [3.05, 3.63) is 53.6 Å². The third-order valence-corrected chi connectivity index (χ3v) is 7.16. The lowest BCUT2D eigenvalue weighted by atomic mass is 10.1. The van der Waals surface area contributed by atoms with E-state index < -0.39 is 10.0 Å². The number of nitrogens with one attached hydrogen (secondary N) is 2. The Bertz CT molecular complexity index is 1190. The molecule has 0 unspecified atom stereocenters. The molecule has 10 heteroatoms. The number of hydrogen-bond donors (Lipinski definition) is 2. The molecule has 0 aliphatic heterocycles. The first-order valence-electron chi connectivity index (χ1n) is 9.15. The molecule has 0 spiro atoms. The topological polar surface area (TPSA) is 106 Å². The fourth-order valence-electron chi connectivity index (χ4n) is 2.90. The van der Waals surface area contributed by atoms with Crippen molar-refractivity contribution < 1.29 is 13.2 Å². The summed E-state index contributed by atoms with van der Waals surface area (Å²) in [5, 5.41) is 11.8. The molecule has 2 N–H and O–H groups in total. The maximum absolute atomic E-state index is 12.4. The average molecular weight is 446 g/mol. The molecule has 0 atom stereocenters. The van der Waals surface area contributed by atoms with Gasteiger partial charge in [0.05, 0.1) is 10.6 Å². The van der Waals surface area contributed by atoms with Crippen LogP contribution in [-0.2, 0) is 21.9 Å². The van der Waals surface area contributed by atoms with E-state index >= 15 is 0 Å². The van der Waals surface area contributed by atoms with E-state index in [9.17, 15) is 13.2 Å². The number of hydrogen-bond acceptors (Lipinski definition) is 6. The van der Waals surface area contributed by atoms with E-state index in [-0.39, 0.29) is 16.6 Å². The van der Waals surface area contributed by atoms with E-state index in [2.05, 4.69) is 20.2 Å². The second kappa shape index (κ2) is 8.99. The van der Waals surface area contributed by atoms with Gasteiger partial charge in [-0.15, -0.1) is 10.2 Å². The molecule has 30 heavy (non-hydrogen) atoms. The minimum Gasteiger partial charge on any atom is -0.325 e. The van der Waals surface area contributed by atoms with Crippen molar-refractivity contribution in [2.24, 2.45) is 7.05 Å². The quantitative estimate of drug-likeness (QED) is 0.542. The Kier molecular flexibility index (Phi) is 6.59. The number of rotatable bonds is 7. The van der Waals surface area contributed by atoms with Gasteiger partial charge in [0.1, 0.15) is 0 Å². The average Bonchev–Trinajstić information content (AvgIpc) is 3.08. The molecular formula is C20H23N5O3S2. The highest BCUT2D eigenvalue weighted by atomic mass is 32.2. The molecular weight excluding hydrogens is 422 g/mol. The van der Waals surface area contributed by atoms with Gasteiger partial charge in [0.25, 0.3) is 0 Å². The van der Waals surface area contributed by atoms with Gasteiger partial charge in [0.2, 0.25) is 15.9 Å². The Morgan fingerprint density at radius 1 is 1.10 bits per heavy atom. The number of sulfonamides is 1. The van der Waals surface area contributed by atoms with E-state index in [1.54, 1.807) is 19.1 Å². The number of carbonyl (C=O) groups is 1. The molecule has 0 aliphatic carbocycles. The molecule has 0 saturated carbocycles. The zero-order valence-electron chi connectivity index (χ0n) is 17.1. The summed E-state index contributed by atoms with van der Waals surface area (Å²) in [6, 6.07) is 12.7. The van der Waals surface area contributed by atoms with Gasteiger partial charge in [-0.3, -0.25) is 4.79 Å². The van der Waals surface area contributed by atoms with Crippen LogP contribution in [0.5, 0.6) is 0 Å². The lowest BCUT2D eigenvalue weighted by Gasteiger charge is -2.10. The van der Waals surface area contributed by atoms with Gasteiger partial charge in [-0.1, -0.05) is 42.1 Å². The predicted octanol–water partition coefficient (Wildman–Crippen LogP) is 2.74. The molecule has 0 bridgehead atoms. The van der Waals surface area contributed by atoms with Crippen LogP contribution < -0.4 is 10.0 Å². The van der Waals surface area contributed by atoms with Gasteiger partial charge in [0, 0.05) is 18.3 Å². The normalized spacial score (nSPS) is 11.5. The first kappa shape index (κ1) is 22.0. The lowest BCUT2D eigenvalue weighted by Crippen LogP contribution is -2.20. The molecule has 1 heterocycles. The minimum atomic E-state index is -3.60. The summed E-state index contributed by atoms with van der Waals surface area (Å²) in [5.74, 6) is 0.579. The van der Waals surface area contributed by atoms with Crippen molar-refractivity contribution in [2.75, 3.05) is 18.1 Å². The molecule has 8 nitrogen and oxygen atoms in total. The van der Waals surface area contributed by atoms with Crippen LogP contribution in [0.1, 0.15) is 11.1 Å². The molecule has 0 aliphatic rings. The molecule has 0 fully saturated rings.